The number of carbonyl (C=O) groups is 1. The number of aliphatic carboxylic acids is 1. The minimum absolute atomic E-state index is 0.345. The van der Waals surface area contributed by atoms with Gasteiger partial charge in [-0.15, -0.1) is 0 Å². The van der Waals surface area contributed by atoms with E-state index in [1.807, 2.05) is 0 Å². The van der Waals surface area contributed by atoms with Crippen molar-refractivity contribution in [3.05, 3.63) is 12.3 Å². The Balaban J connectivity index is 3.51. The Hall–Kier alpha value is -0.990. The van der Waals surface area contributed by atoms with Crippen LogP contribution in [0, 0.1) is 5.92 Å². The Labute approximate surface area is 79.8 Å². The molecule has 0 spiro atoms. The molecule has 0 saturated carbocycles. The van der Waals surface area contributed by atoms with Crippen molar-refractivity contribution in [1.29, 1.82) is 0 Å². The zero-order valence-electron chi connectivity index (χ0n) is 8.58. The van der Waals surface area contributed by atoms with Crippen molar-refractivity contribution in [3.63, 3.8) is 0 Å². The monoisotopic (exact) mass is 185 g/mol. The molecule has 0 bridgehead atoms. The molecule has 0 aliphatic rings. The summed E-state index contributed by atoms with van der Waals surface area (Å²) in [4.78, 5) is 10.1. The lowest BCUT2D eigenvalue weighted by Crippen LogP contribution is -2.20. The Morgan fingerprint density at radius 1 is 1.38 bits per heavy atom. The van der Waals surface area contributed by atoms with E-state index in [0.29, 0.717) is 12.0 Å². The number of carboxylic acids is 1. The third-order valence-electron chi connectivity index (χ3n) is 1.78. The predicted molar refractivity (Wildman–Crippen MR) is 53.4 cm³/mol. The van der Waals surface area contributed by atoms with Gasteiger partial charge < -0.3 is 10.4 Å². The zero-order chi connectivity index (χ0) is 10.3. The van der Waals surface area contributed by atoms with Gasteiger partial charge in [0.2, 0.25) is 0 Å². The standard InChI is InChI=1S/C10H19NO2/c1-8(2)4-5-9(3)11-7-6-10(12)13/h6-9,11H,4-5H2,1-3H3,(H,12,13)/b7-6+. The Kier molecular flexibility index (Phi) is 6.02. The van der Waals surface area contributed by atoms with E-state index in [1.54, 1.807) is 0 Å². The van der Waals surface area contributed by atoms with Crippen LogP contribution in [-0.4, -0.2) is 17.1 Å². The van der Waals surface area contributed by atoms with Crippen LogP contribution < -0.4 is 5.32 Å². The first kappa shape index (κ1) is 12.0. The second-order valence-corrected chi connectivity index (χ2v) is 3.71. The summed E-state index contributed by atoms with van der Waals surface area (Å²) in [5.41, 5.74) is 0. The molecular formula is C10H19NO2. The van der Waals surface area contributed by atoms with E-state index < -0.39 is 5.97 Å². The molecule has 1 atom stereocenters. The second kappa shape index (κ2) is 6.52. The van der Waals surface area contributed by atoms with Crippen LogP contribution in [-0.2, 0) is 4.79 Å². The minimum Gasteiger partial charge on any atom is -0.478 e. The van der Waals surface area contributed by atoms with Gasteiger partial charge in [-0.2, -0.15) is 0 Å². The number of hydrogen-bond donors (Lipinski definition) is 2. The van der Waals surface area contributed by atoms with Gasteiger partial charge in [-0.25, -0.2) is 4.79 Å². The van der Waals surface area contributed by atoms with Crippen LogP contribution in [0.1, 0.15) is 33.6 Å². The summed E-state index contributed by atoms with van der Waals surface area (Å²) in [6.45, 7) is 6.41. The molecule has 0 saturated heterocycles. The van der Waals surface area contributed by atoms with Crippen molar-refractivity contribution < 1.29 is 9.90 Å². The average Bonchev–Trinajstić information content (AvgIpc) is 2.00. The van der Waals surface area contributed by atoms with Crippen molar-refractivity contribution in [2.45, 2.75) is 39.7 Å². The molecule has 0 aliphatic heterocycles. The maximum absolute atomic E-state index is 10.1. The summed E-state index contributed by atoms with van der Waals surface area (Å²) >= 11 is 0. The quantitative estimate of drug-likeness (QED) is 0.622. The van der Waals surface area contributed by atoms with Crippen LogP contribution in [0.25, 0.3) is 0 Å². The summed E-state index contributed by atoms with van der Waals surface area (Å²) < 4.78 is 0. The zero-order valence-corrected chi connectivity index (χ0v) is 8.58. The lowest BCUT2D eigenvalue weighted by molar-refractivity contribution is -0.131. The largest absolute Gasteiger partial charge is 0.478 e. The molecule has 2 N–H and O–H groups in total. The summed E-state index contributed by atoms with van der Waals surface area (Å²) in [6, 6.07) is 0.345. The van der Waals surface area contributed by atoms with Crippen LogP contribution >= 0.6 is 0 Å². The molecule has 0 heterocycles. The first-order valence-electron chi connectivity index (χ1n) is 4.68. The van der Waals surface area contributed by atoms with Crippen molar-refractivity contribution in [3.8, 4) is 0 Å². The molecule has 0 rings (SSSR count). The molecule has 0 aromatic carbocycles. The SMILES string of the molecule is CC(C)CCC(C)N/C=C/C(=O)O. The van der Waals surface area contributed by atoms with Gasteiger partial charge in [-0.05, 0) is 25.7 Å². The molecule has 13 heavy (non-hydrogen) atoms. The minimum atomic E-state index is -0.913. The topological polar surface area (TPSA) is 49.3 Å². The third-order valence-corrected chi connectivity index (χ3v) is 1.78. The van der Waals surface area contributed by atoms with Gasteiger partial charge in [0.25, 0.3) is 0 Å². The van der Waals surface area contributed by atoms with Crippen LogP contribution in [0.15, 0.2) is 12.3 Å². The predicted octanol–water partition coefficient (Wildman–Crippen LogP) is 2.00. The highest BCUT2D eigenvalue weighted by Crippen LogP contribution is 2.05. The van der Waals surface area contributed by atoms with E-state index in [0.717, 1.165) is 18.9 Å². The summed E-state index contributed by atoms with van der Waals surface area (Å²) in [6.07, 6.45) is 4.84. The fraction of sp³-hybridized carbons (Fsp3) is 0.700. The highest BCUT2D eigenvalue weighted by molar-refractivity contribution is 5.79. The van der Waals surface area contributed by atoms with Crippen LogP contribution in [0.4, 0.5) is 0 Å². The molecular weight excluding hydrogens is 166 g/mol. The summed E-state index contributed by atoms with van der Waals surface area (Å²) in [5, 5.41) is 11.3. The van der Waals surface area contributed by atoms with E-state index in [2.05, 4.69) is 26.1 Å². The van der Waals surface area contributed by atoms with Crippen molar-refractivity contribution in [1.82, 2.24) is 5.32 Å². The molecule has 0 amide bonds. The fourth-order valence-corrected chi connectivity index (χ4v) is 0.950. The van der Waals surface area contributed by atoms with Crippen LogP contribution in [0.3, 0.4) is 0 Å². The van der Waals surface area contributed by atoms with Crippen molar-refractivity contribution in [2.24, 2.45) is 5.92 Å². The molecule has 0 aromatic rings. The van der Waals surface area contributed by atoms with Crippen LogP contribution in [0.2, 0.25) is 0 Å². The van der Waals surface area contributed by atoms with Gasteiger partial charge in [-0.1, -0.05) is 13.8 Å². The van der Waals surface area contributed by atoms with E-state index in [-0.39, 0.29) is 0 Å². The Morgan fingerprint density at radius 3 is 2.46 bits per heavy atom. The molecule has 3 heteroatoms. The summed E-state index contributed by atoms with van der Waals surface area (Å²) in [7, 11) is 0. The van der Waals surface area contributed by atoms with Gasteiger partial charge >= 0.3 is 5.97 Å². The smallest absolute Gasteiger partial charge is 0.329 e. The first-order valence-corrected chi connectivity index (χ1v) is 4.68. The van der Waals surface area contributed by atoms with Crippen molar-refractivity contribution >= 4 is 5.97 Å². The highest BCUT2D eigenvalue weighted by Gasteiger charge is 2.00. The van der Waals surface area contributed by atoms with E-state index in [9.17, 15) is 4.79 Å². The molecule has 0 radical (unpaired) electrons. The van der Waals surface area contributed by atoms with Gasteiger partial charge in [-0.3, -0.25) is 0 Å². The molecule has 3 nitrogen and oxygen atoms in total. The second-order valence-electron chi connectivity index (χ2n) is 3.71. The fourth-order valence-electron chi connectivity index (χ4n) is 0.950. The van der Waals surface area contributed by atoms with Crippen molar-refractivity contribution in [2.75, 3.05) is 0 Å². The maximum Gasteiger partial charge on any atom is 0.329 e. The molecule has 1 unspecified atom stereocenters. The number of nitrogens with one attached hydrogen (secondary N) is 1. The molecule has 0 aliphatic carbocycles. The lowest BCUT2D eigenvalue weighted by atomic mass is 10.0. The highest BCUT2D eigenvalue weighted by atomic mass is 16.4. The first-order chi connectivity index (χ1) is 6.02. The van der Waals surface area contributed by atoms with E-state index in [1.165, 1.54) is 6.20 Å². The third kappa shape index (κ3) is 8.92. The average molecular weight is 185 g/mol. The van der Waals surface area contributed by atoms with Gasteiger partial charge in [0, 0.05) is 18.3 Å². The number of rotatable bonds is 6. The van der Waals surface area contributed by atoms with Crippen LogP contribution in [0.5, 0.6) is 0 Å². The maximum atomic E-state index is 10.1. The van der Waals surface area contributed by atoms with E-state index >= 15 is 0 Å². The molecule has 76 valence electrons. The molecule has 0 aromatic heterocycles. The normalized spacial score (nSPS) is 13.5. The summed E-state index contributed by atoms with van der Waals surface area (Å²) in [5.74, 6) is -0.212. The Morgan fingerprint density at radius 2 is 2.00 bits per heavy atom. The van der Waals surface area contributed by atoms with Gasteiger partial charge in [0.1, 0.15) is 0 Å². The van der Waals surface area contributed by atoms with Gasteiger partial charge in [0.05, 0.1) is 0 Å². The lowest BCUT2D eigenvalue weighted by Gasteiger charge is -2.12. The van der Waals surface area contributed by atoms with Gasteiger partial charge in [0.15, 0.2) is 0 Å². The number of hydrogen-bond acceptors (Lipinski definition) is 2. The Bertz CT molecular complexity index is 176. The number of carboxylic acid groups (broad SMARTS) is 1. The molecule has 0 fully saturated rings. The van der Waals surface area contributed by atoms with E-state index in [4.69, 9.17) is 5.11 Å².